The van der Waals surface area contributed by atoms with Gasteiger partial charge in [0.25, 0.3) is 0 Å². The first-order chi connectivity index (χ1) is 9.19. The fraction of sp³-hybridized carbons (Fsp3) is 0.600. The second kappa shape index (κ2) is 9.88. The molecule has 0 heterocycles. The summed E-state index contributed by atoms with van der Waals surface area (Å²) < 4.78 is 16.0. The molecular weight excluding hydrogens is 322 g/mol. The van der Waals surface area contributed by atoms with Crippen LogP contribution < -0.4 is 19.5 Å². The van der Waals surface area contributed by atoms with E-state index in [4.69, 9.17) is 14.2 Å². The quantitative estimate of drug-likeness (QED) is 0.780. The molecule has 0 aliphatic heterocycles. The summed E-state index contributed by atoms with van der Waals surface area (Å²) in [4.78, 5) is 0. The molecule has 0 aromatic heterocycles. The van der Waals surface area contributed by atoms with Crippen molar-refractivity contribution < 1.29 is 14.2 Å². The first-order valence-corrected chi connectivity index (χ1v) is 6.72. The van der Waals surface area contributed by atoms with E-state index in [9.17, 15) is 0 Å². The molecule has 1 rings (SSSR count). The third-order valence-electron chi connectivity index (χ3n) is 3.35. The van der Waals surface area contributed by atoms with Crippen molar-refractivity contribution >= 4 is 17.0 Å². The molecule has 1 aromatic carbocycles. The summed E-state index contributed by atoms with van der Waals surface area (Å²) in [7, 11) is 4.93. The molecule has 0 radical (unpaired) electrons. The lowest BCUT2D eigenvalue weighted by atomic mass is 10.1. The average Bonchev–Trinajstić information content (AvgIpc) is 2.47. The lowest BCUT2D eigenvalue weighted by Crippen LogP contribution is -2.27. The molecule has 0 aliphatic carbocycles. The third kappa shape index (κ3) is 4.87. The van der Waals surface area contributed by atoms with E-state index in [0.29, 0.717) is 11.8 Å². The minimum atomic E-state index is 0. The summed E-state index contributed by atoms with van der Waals surface area (Å²) in [6, 6.07) is 4.35. The van der Waals surface area contributed by atoms with Crippen molar-refractivity contribution in [2.45, 2.75) is 39.3 Å². The van der Waals surface area contributed by atoms with E-state index >= 15 is 0 Å². The average molecular weight is 348 g/mol. The lowest BCUT2D eigenvalue weighted by molar-refractivity contribution is 0.346. The molecule has 0 saturated heterocycles. The molecule has 0 amide bonds. The Bertz CT molecular complexity index is 395. The second-order valence-corrected chi connectivity index (χ2v) is 4.41. The van der Waals surface area contributed by atoms with E-state index in [1.807, 2.05) is 12.1 Å². The first-order valence-electron chi connectivity index (χ1n) is 6.72. The van der Waals surface area contributed by atoms with Gasteiger partial charge in [0, 0.05) is 24.2 Å². The van der Waals surface area contributed by atoms with Gasteiger partial charge in [0.05, 0.1) is 21.3 Å². The molecule has 20 heavy (non-hydrogen) atoms. The number of benzene rings is 1. The Morgan fingerprint density at radius 2 is 1.40 bits per heavy atom. The van der Waals surface area contributed by atoms with Gasteiger partial charge < -0.3 is 19.5 Å². The summed E-state index contributed by atoms with van der Waals surface area (Å²) in [6.45, 7) is 5.13. The van der Waals surface area contributed by atoms with Crippen molar-refractivity contribution in [2.75, 3.05) is 21.3 Å². The molecule has 0 atom stereocenters. The van der Waals surface area contributed by atoms with Crippen LogP contribution in [0.25, 0.3) is 0 Å². The van der Waals surface area contributed by atoms with Gasteiger partial charge in [-0.15, -0.1) is 17.0 Å². The Hall–Kier alpha value is -0.940. The van der Waals surface area contributed by atoms with Gasteiger partial charge >= 0.3 is 0 Å². The zero-order valence-electron chi connectivity index (χ0n) is 13.0. The highest BCUT2D eigenvalue weighted by Crippen LogP contribution is 2.34. The topological polar surface area (TPSA) is 39.7 Å². The Morgan fingerprint density at radius 3 is 1.85 bits per heavy atom. The number of rotatable bonds is 8. The van der Waals surface area contributed by atoms with Gasteiger partial charge in [-0.2, -0.15) is 0 Å². The number of nitrogens with one attached hydrogen (secondary N) is 1. The Kier molecular flexibility index (Phi) is 9.42. The van der Waals surface area contributed by atoms with Crippen LogP contribution in [-0.2, 0) is 6.54 Å². The molecule has 4 nitrogen and oxygen atoms in total. The largest absolute Gasteiger partial charge is 0.496 e. The molecule has 0 spiro atoms. The summed E-state index contributed by atoms with van der Waals surface area (Å²) >= 11 is 0. The number of ether oxygens (including phenoxy) is 3. The highest BCUT2D eigenvalue weighted by molar-refractivity contribution is 8.93. The van der Waals surface area contributed by atoms with Crippen LogP contribution in [0.1, 0.15) is 32.3 Å². The molecular formula is C15H26BrNO3. The van der Waals surface area contributed by atoms with E-state index in [2.05, 4.69) is 19.2 Å². The molecule has 116 valence electrons. The third-order valence-corrected chi connectivity index (χ3v) is 3.35. The van der Waals surface area contributed by atoms with Crippen molar-refractivity contribution in [1.82, 2.24) is 5.32 Å². The second-order valence-electron chi connectivity index (χ2n) is 4.41. The monoisotopic (exact) mass is 347 g/mol. The number of hydrogen-bond acceptors (Lipinski definition) is 4. The summed E-state index contributed by atoms with van der Waals surface area (Å²) in [5.41, 5.74) is 1.08. The van der Waals surface area contributed by atoms with Crippen LogP contribution in [-0.4, -0.2) is 27.4 Å². The van der Waals surface area contributed by atoms with Crippen molar-refractivity contribution in [3.8, 4) is 17.2 Å². The summed E-state index contributed by atoms with van der Waals surface area (Å²) in [5.74, 6) is 2.23. The SMILES string of the molecule is Br.CCC(CC)NCc1cc(OC)c(OC)cc1OC. The van der Waals surface area contributed by atoms with Crippen LogP contribution in [0.5, 0.6) is 17.2 Å². The van der Waals surface area contributed by atoms with Crippen LogP contribution in [0, 0.1) is 0 Å². The Morgan fingerprint density at radius 1 is 0.900 bits per heavy atom. The highest BCUT2D eigenvalue weighted by atomic mass is 79.9. The molecule has 0 bridgehead atoms. The van der Waals surface area contributed by atoms with E-state index in [-0.39, 0.29) is 17.0 Å². The number of hydrogen-bond donors (Lipinski definition) is 1. The van der Waals surface area contributed by atoms with Gasteiger partial charge in [-0.3, -0.25) is 0 Å². The van der Waals surface area contributed by atoms with Gasteiger partial charge in [0.1, 0.15) is 5.75 Å². The predicted molar refractivity (Wildman–Crippen MR) is 87.6 cm³/mol. The molecule has 1 N–H and O–H groups in total. The highest BCUT2D eigenvalue weighted by Gasteiger charge is 2.12. The standard InChI is InChI=1S/C15H25NO3.BrH/c1-6-12(7-2)16-10-11-8-14(18-4)15(19-5)9-13(11)17-3;/h8-9,12,16H,6-7,10H2,1-5H3;1H. The number of methoxy groups -OCH3 is 3. The first kappa shape index (κ1) is 19.1. The van der Waals surface area contributed by atoms with Crippen LogP contribution in [0.4, 0.5) is 0 Å². The van der Waals surface area contributed by atoms with Gasteiger partial charge in [-0.25, -0.2) is 0 Å². The summed E-state index contributed by atoms with van der Waals surface area (Å²) in [6.07, 6.45) is 2.23. The van der Waals surface area contributed by atoms with Gasteiger partial charge in [-0.05, 0) is 18.9 Å². The minimum Gasteiger partial charge on any atom is -0.496 e. The minimum absolute atomic E-state index is 0. The molecule has 0 saturated carbocycles. The van der Waals surface area contributed by atoms with E-state index in [1.165, 1.54) is 0 Å². The summed E-state index contributed by atoms with van der Waals surface area (Å²) in [5, 5.41) is 3.52. The maximum absolute atomic E-state index is 5.41. The van der Waals surface area contributed by atoms with E-state index in [0.717, 1.165) is 36.4 Å². The van der Waals surface area contributed by atoms with E-state index < -0.39 is 0 Å². The van der Waals surface area contributed by atoms with Crippen LogP contribution >= 0.6 is 17.0 Å². The van der Waals surface area contributed by atoms with Gasteiger partial charge in [0.2, 0.25) is 0 Å². The van der Waals surface area contributed by atoms with Gasteiger partial charge in [-0.1, -0.05) is 13.8 Å². The maximum Gasteiger partial charge on any atom is 0.164 e. The molecule has 0 unspecified atom stereocenters. The van der Waals surface area contributed by atoms with Crippen LogP contribution in [0.2, 0.25) is 0 Å². The zero-order chi connectivity index (χ0) is 14.3. The van der Waals surface area contributed by atoms with E-state index in [1.54, 1.807) is 21.3 Å². The normalized spacial score (nSPS) is 10.1. The van der Waals surface area contributed by atoms with Gasteiger partial charge in [0.15, 0.2) is 11.5 Å². The lowest BCUT2D eigenvalue weighted by Gasteiger charge is -2.18. The van der Waals surface area contributed by atoms with Crippen LogP contribution in [0.3, 0.4) is 0 Å². The molecule has 0 fully saturated rings. The molecule has 0 aliphatic rings. The van der Waals surface area contributed by atoms with Crippen molar-refractivity contribution in [1.29, 1.82) is 0 Å². The molecule has 5 heteroatoms. The fourth-order valence-electron chi connectivity index (χ4n) is 2.06. The van der Waals surface area contributed by atoms with Crippen molar-refractivity contribution in [3.05, 3.63) is 17.7 Å². The maximum atomic E-state index is 5.41. The van der Waals surface area contributed by atoms with Crippen LogP contribution in [0.15, 0.2) is 12.1 Å². The zero-order valence-corrected chi connectivity index (χ0v) is 14.7. The van der Waals surface area contributed by atoms with Crippen molar-refractivity contribution in [2.24, 2.45) is 0 Å². The predicted octanol–water partition coefficient (Wildman–Crippen LogP) is 3.57. The molecule has 1 aromatic rings. The Labute approximate surface area is 132 Å². The fourth-order valence-corrected chi connectivity index (χ4v) is 2.06. The smallest absolute Gasteiger partial charge is 0.164 e. The Balaban J connectivity index is 0.00000361. The number of halogens is 1. The van der Waals surface area contributed by atoms with Crippen molar-refractivity contribution in [3.63, 3.8) is 0 Å².